The predicted molar refractivity (Wildman–Crippen MR) is 139 cm³/mol. The maximum Gasteiger partial charge on any atom is 0.243 e. The molecule has 0 N–H and O–H groups in total. The van der Waals surface area contributed by atoms with Gasteiger partial charge in [-0.3, -0.25) is 0 Å². The van der Waals surface area contributed by atoms with Gasteiger partial charge in [0.15, 0.2) is 0 Å². The standard InChI is InChI=1S/C28H30F2N4O2S/c1-2-28-16-20-17-31-34(24-8-6-22(29)7-9-24)27(20)14-21(28)10-13-33(19-28)37(35,36)26-5-3-4-25(15-26)32-12-11-23(30)18-32/h3-9,14-15,17,23H,2,10-13,16,18-19H2,1H3/t23-,28-/m1/s1. The van der Waals surface area contributed by atoms with E-state index >= 15 is 0 Å². The molecule has 1 aliphatic carbocycles. The number of halogens is 2. The number of fused-ring (bicyclic) bond motifs is 2. The Morgan fingerprint density at radius 2 is 1.92 bits per heavy atom. The molecule has 2 saturated heterocycles. The van der Waals surface area contributed by atoms with Crippen molar-refractivity contribution in [3.63, 3.8) is 0 Å². The van der Waals surface area contributed by atoms with Crippen molar-refractivity contribution in [2.75, 3.05) is 31.1 Å². The summed E-state index contributed by atoms with van der Waals surface area (Å²) >= 11 is 0. The maximum absolute atomic E-state index is 13.8. The minimum Gasteiger partial charge on any atom is -0.368 e. The molecule has 0 bridgehead atoms. The maximum atomic E-state index is 13.8. The molecule has 0 saturated carbocycles. The Balaban J connectivity index is 1.29. The van der Waals surface area contributed by atoms with Crippen molar-refractivity contribution in [2.45, 2.75) is 43.7 Å². The second-order valence-electron chi connectivity index (χ2n) is 10.3. The van der Waals surface area contributed by atoms with Crippen LogP contribution in [-0.2, 0) is 16.4 Å². The zero-order valence-electron chi connectivity index (χ0n) is 20.8. The van der Waals surface area contributed by atoms with E-state index in [2.05, 4.69) is 18.1 Å². The quantitative estimate of drug-likeness (QED) is 0.472. The summed E-state index contributed by atoms with van der Waals surface area (Å²) in [5, 5.41) is 4.58. The molecule has 194 valence electrons. The van der Waals surface area contributed by atoms with Crippen LogP contribution in [0.5, 0.6) is 0 Å². The number of hydrogen-bond donors (Lipinski definition) is 0. The smallest absolute Gasteiger partial charge is 0.243 e. The first-order valence-corrected chi connectivity index (χ1v) is 14.3. The van der Waals surface area contributed by atoms with Crippen molar-refractivity contribution < 1.29 is 17.2 Å². The minimum absolute atomic E-state index is 0.256. The van der Waals surface area contributed by atoms with Crippen molar-refractivity contribution in [2.24, 2.45) is 5.41 Å². The number of anilines is 1. The lowest BCUT2D eigenvalue weighted by Gasteiger charge is -2.45. The predicted octanol–water partition coefficient (Wildman–Crippen LogP) is 4.99. The molecule has 2 fully saturated rings. The van der Waals surface area contributed by atoms with Crippen molar-refractivity contribution in [1.29, 1.82) is 0 Å². The number of sulfonamides is 1. The molecule has 1 aromatic heterocycles. The van der Waals surface area contributed by atoms with E-state index in [4.69, 9.17) is 0 Å². The summed E-state index contributed by atoms with van der Waals surface area (Å²) in [6, 6.07) is 13.2. The molecule has 6 nitrogen and oxygen atoms in total. The third-order valence-corrected chi connectivity index (χ3v) is 10.1. The van der Waals surface area contributed by atoms with Crippen LogP contribution in [0.4, 0.5) is 14.5 Å². The van der Waals surface area contributed by atoms with Crippen molar-refractivity contribution >= 4 is 21.8 Å². The molecule has 0 amide bonds. The second-order valence-corrected chi connectivity index (χ2v) is 12.3. The number of aromatic nitrogens is 2. The van der Waals surface area contributed by atoms with Crippen LogP contribution in [0.1, 0.15) is 37.4 Å². The molecule has 3 aromatic rings. The number of nitrogens with zero attached hydrogens (tertiary/aromatic N) is 4. The number of piperidine rings is 1. The SMILES string of the molecule is CC[C@]12Cc3cnn(-c4ccc(F)cc4)c3C=C1CCN(S(=O)(=O)c1cccc(N3CC[C@@H](F)C3)c1)C2. The number of rotatable bonds is 5. The highest BCUT2D eigenvalue weighted by Gasteiger charge is 2.45. The Labute approximate surface area is 216 Å². The van der Waals surface area contributed by atoms with Crippen LogP contribution < -0.4 is 4.90 Å². The van der Waals surface area contributed by atoms with Gasteiger partial charge in [-0.1, -0.05) is 18.6 Å². The van der Waals surface area contributed by atoms with Gasteiger partial charge in [-0.05, 0) is 79.8 Å². The fraction of sp³-hybridized carbons (Fsp3) is 0.393. The van der Waals surface area contributed by atoms with Crippen LogP contribution in [0.25, 0.3) is 11.8 Å². The summed E-state index contributed by atoms with van der Waals surface area (Å²) in [5.41, 5.74) is 4.51. The highest BCUT2D eigenvalue weighted by atomic mass is 32.2. The lowest BCUT2D eigenvalue weighted by atomic mass is 9.67. The van der Waals surface area contributed by atoms with Gasteiger partial charge in [0.25, 0.3) is 0 Å². The largest absolute Gasteiger partial charge is 0.368 e. The van der Waals surface area contributed by atoms with Gasteiger partial charge in [0.05, 0.1) is 22.5 Å². The van der Waals surface area contributed by atoms with E-state index in [1.165, 1.54) is 17.7 Å². The molecule has 37 heavy (non-hydrogen) atoms. The molecule has 3 heterocycles. The molecular weight excluding hydrogens is 494 g/mol. The highest BCUT2D eigenvalue weighted by molar-refractivity contribution is 7.89. The molecule has 2 aliphatic heterocycles. The average Bonchev–Trinajstić information content (AvgIpc) is 3.53. The van der Waals surface area contributed by atoms with E-state index in [0.717, 1.165) is 29.1 Å². The van der Waals surface area contributed by atoms with Crippen LogP contribution in [-0.4, -0.2) is 54.9 Å². The van der Waals surface area contributed by atoms with Crippen LogP contribution in [0.2, 0.25) is 0 Å². The summed E-state index contributed by atoms with van der Waals surface area (Å²) < 4.78 is 58.2. The molecule has 6 rings (SSSR count). The fourth-order valence-electron chi connectivity index (χ4n) is 6.03. The zero-order valence-corrected chi connectivity index (χ0v) is 21.6. The molecular formula is C28H30F2N4O2S. The van der Waals surface area contributed by atoms with E-state index in [0.29, 0.717) is 45.4 Å². The minimum atomic E-state index is -3.72. The molecule has 0 unspecified atom stereocenters. The van der Waals surface area contributed by atoms with E-state index in [9.17, 15) is 17.2 Å². The molecule has 3 aliphatic rings. The van der Waals surface area contributed by atoms with Crippen molar-refractivity contribution in [1.82, 2.24) is 14.1 Å². The average molecular weight is 525 g/mol. The number of alkyl halides is 1. The first-order valence-electron chi connectivity index (χ1n) is 12.8. The first-order chi connectivity index (χ1) is 17.8. The summed E-state index contributed by atoms with van der Waals surface area (Å²) in [6.45, 7) is 3.81. The van der Waals surface area contributed by atoms with Crippen molar-refractivity contribution in [3.8, 4) is 5.69 Å². The van der Waals surface area contributed by atoms with Gasteiger partial charge < -0.3 is 4.90 Å². The van der Waals surface area contributed by atoms with Gasteiger partial charge in [-0.15, -0.1) is 0 Å². The van der Waals surface area contributed by atoms with E-state index in [1.54, 1.807) is 34.6 Å². The summed E-state index contributed by atoms with van der Waals surface area (Å²) in [5.74, 6) is -0.292. The summed E-state index contributed by atoms with van der Waals surface area (Å²) in [4.78, 5) is 2.17. The second kappa shape index (κ2) is 9.06. The third kappa shape index (κ3) is 4.18. The van der Waals surface area contributed by atoms with E-state index in [1.807, 2.05) is 21.8 Å². The molecule has 9 heteroatoms. The van der Waals surface area contributed by atoms with Crippen LogP contribution in [0, 0.1) is 11.2 Å². The monoisotopic (exact) mass is 524 g/mol. The zero-order chi connectivity index (χ0) is 25.8. The lowest BCUT2D eigenvalue weighted by molar-refractivity contribution is 0.204. The van der Waals surface area contributed by atoms with Gasteiger partial charge >= 0.3 is 0 Å². The summed E-state index contributed by atoms with van der Waals surface area (Å²) in [7, 11) is -3.72. The normalized spacial score (nSPS) is 24.0. The Morgan fingerprint density at radius 3 is 2.65 bits per heavy atom. The highest BCUT2D eigenvalue weighted by Crippen LogP contribution is 2.47. The van der Waals surface area contributed by atoms with Crippen LogP contribution in [0.15, 0.2) is 65.2 Å². The van der Waals surface area contributed by atoms with Crippen LogP contribution in [0.3, 0.4) is 0 Å². The summed E-state index contributed by atoms with van der Waals surface area (Å²) in [6.07, 6.45) is 5.73. The van der Waals surface area contributed by atoms with Gasteiger partial charge in [0.2, 0.25) is 10.0 Å². The Bertz CT molecular complexity index is 1470. The third-order valence-electron chi connectivity index (χ3n) is 8.22. The molecule has 0 radical (unpaired) electrons. The Kier molecular flexibility index (Phi) is 5.95. The molecule has 2 atom stereocenters. The van der Waals surface area contributed by atoms with Gasteiger partial charge in [0.1, 0.15) is 12.0 Å². The lowest BCUT2D eigenvalue weighted by Crippen LogP contribution is -2.49. The molecule has 2 aromatic carbocycles. The van der Waals surface area contributed by atoms with Crippen molar-refractivity contribution in [3.05, 3.63) is 77.4 Å². The van der Waals surface area contributed by atoms with Gasteiger partial charge in [0, 0.05) is 37.3 Å². The number of benzene rings is 2. The van der Waals surface area contributed by atoms with E-state index in [-0.39, 0.29) is 16.1 Å². The fourth-order valence-corrected chi connectivity index (χ4v) is 7.60. The Morgan fingerprint density at radius 1 is 1.11 bits per heavy atom. The number of hydrogen-bond acceptors (Lipinski definition) is 4. The first kappa shape index (κ1) is 24.3. The van der Waals surface area contributed by atoms with Gasteiger partial charge in [-0.25, -0.2) is 21.9 Å². The van der Waals surface area contributed by atoms with E-state index < -0.39 is 16.2 Å². The van der Waals surface area contributed by atoms with Gasteiger partial charge in [-0.2, -0.15) is 9.40 Å². The van der Waals surface area contributed by atoms with Crippen LogP contribution >= 0.6 is 0 Å². The Hall–Kier alpha value is -3.04. The topological polar surface area (TPSA) is 58.4 Å². The molecule has 0 spiro atoms.